The van der Waals surface area contributed by atoms with Gasteiger partial charge in [0.15, 0.2) is 0 Å². The summed E-state index contributed by atoms with van der Waals surface area (Å²) in [6.45, 7) is 3.38. The summed E-state index contributed by atoms with van der Waals surface area (Å²) < 4.78 is 0. The van der Waals surface area contributed by atoms with E-state index in [0.717, 1.165) is 6.54 Å². The van der Waals surface area contributed by atoms with E-state index in [1.807, 2.05) is 7.05 Å². The Labute approximate surface area is 111 Å². The Morgan fingerprint density at radius 1 is 1.33 bits per heavy atom. The van der Waals surface area contributed by atoms with Crippen LogP contribution >= 0.6 is 0 Å². The Balaban J connectivity index is 1.64. The second-order valence-electron chi connectivity index (χ2n) is 6.78. The van der Waals surface area contributed by atoms with Gasteiger partial charge in [0.2, 0.25) is 0 Å². The van der Waals surface area contributed by atoms with Crippen molar-refractivity contribution in [1.29, 1.82) is 5.26 Å². The molecule has 0 bridgehead atoms. The van der Waals surface area contributed by atoms with E-state index in [4.69, 9.17) is 0 Å². The molecule has 1 unspecified atom stereocenters. The number of nitrogens with one attached hydrogen (secondary N) is 1. The highest BCUT2D eigenvalue weighted by Crippen LogP contribution is 2.46. The number of likely N-dealkylation sites (N-methyl/N-ethyl adjacent to an activating group) is 1. The molecule has 0 aromatic rings. The molecule has 0 aromatic heterocycles. The van der Waals surface area contributed by atoms with Gasteiger partial charge in [0.05, 0.1) is 6.07 Å². The van der Waals surface area contributed by atoms with Gasteiger partial charge >= 0.3 is 0 Å². The molecule has 18 heavy (non-hydrogen) atoms. The van der Waals surface area contributed by atoms with Gasteiger partial charge in [-0.25, -0.2) is 0 Å². The fourth-order valence-corrected chi connectivity index (χ4v) is 4.22. The minimum Gasteiger partial charge on any atom is -0.301 e. The summed E-state index contributed by atoms with van der Waals surface area (Å²) in [5, 5.41) is 12.9. The van der Waals surface area contributed by atoms with Crippen LogP contribution in [0.25, 0.3) is 0 Å². The van der Waals surface area contributed by atoms with Crippen molar-refractivity contribution in [2.24, 2.45) is 11.3 Å². The normalized spacial score (nSPS) is 30.4. The maximum atomic E-state index is 9.56. The summed E-state index contributed by atoms with van der Waals surface area (Å²) in [4.78, 5) is 2.56. The van der Waals surface area contributed by atoms with Crippen LogP contribution in [-0.4, -0.2) is 37.1 Å². The first-order valence-electron chi connectivity index (χ1n) is 7.55. The van der Waals surface area contributed by atoms with Crippen molar-refractivity contribution in [2.75, 3.05) is 26.7 Å². The standard InChI is InChI=1S/C15H25N3/c1-17-15(10-16,13-4-5-13)12-18-9-8-14(11-18)6-2-3-7-14/h13,17H,2-9,11-12H2,1H3. The molecule has 1 heterocycles. The van der Waals surface area contributed by atoms with E-state index in [1.165, 1.54) is 58.0 Å². The zero-order valence-electron chi connectivity index (χ0n) is 11.5. The molecule has 3 heteroatoms. The molecule has 2 aliphatic carbocycles. The Kier molecular flexibility index (Phi) is 3.11. The van der Waals surface area contributed by atoms with E-state index in [9.17, 15) is 5.26 Å². The van der Waals surface area contributed by atoms with Crippen LogP contribution < -0.4 is 5.32 Å². The molecule has 2 saturated carbocycles. The summed E-state index contributed by atoms with van der Waals surface area (Å²) in [6, 6.07) is 2.58. The monoisotopic (exact) mass is 247 g/mol. The van der Waals surface area contributed by atoms with Gasteiger partial charge in [-0.3, -0.25) is 4.90 Å². The number of likely N-dealkylation sites (tertiary alicyclic amines) is 1. The molecule has 1 spiro atoms. The van der Waals surface area contributed by atoms with Crippen molar-refractivity contribution in [1.82, 2.24) is 10.2 Å². The molecule has 0 radical (unpaired) electrons. The second-order valence-corrected chi connectivity index (χ2v) is 6.78. The van der Waals surface area contributed by atoms with Gasteiger partial charge in [0.25, 0.3) is 0 Å². The van der Waals surface area contributed by atoms with Gasteiger partial charge in [0.1, 0.15) is 5.54 Å². The maximum absolute atomic E-state index is 9.56. The van der Waals surface area contributed by atoms with Crippen LogP contribution in [0.2, 0.25) is 0 Å². The lowest BCUT2D eigenvalue weighted by Crippen LogP contribution is -2.52. The van der Waals surface area contributed by atoms with Crippen molar-refractivity contribution in [3.8, 4) is 6.07 Å². The van der Waals surface area contributed by atoms with Gasteiger partial charge in [0, 0.05) is 13.1 Å². The minimum absolute atomic E-state index is 0.274. The third-order valence-electron chi connectivity index (χ3n) is 5.57. The predicted octanol–water partition coefficient (Wildman–Crippen LogP) is 2.14. The fraction of sp³-hybridized carbons (Fsp3) is 0.933. The van der Waals surface area contributed by atoms with Gasteiger partial charge in [-0.05, 0) is 57.0 Å². The van der Waals surface area contributed by atoms with Crippen LogP contribution in [0.1, 0.15) is 44.9 Å². The smallest absolute Gasteiger partial charge is 0.122 e. The maximum Gasteiger partial charge on any atom is 0.122 e. The number of nitriles is 1. The highest BCUT2D eigenvalue weighted by atomic mass is 15.2. The van der Waals surface area contributed by atoms with Crippen molar-refractivity contribution in [3.63, 3.8) is 0 Å². The lowest BCUT2D eigenvalue weighted by atomic mass is 9.85. The Bertz CT molecular complexity index is 349. The van der Waals surface area contributed by atoms with E-state index < -0.39 is 0 Å². The highest BCUT2D eigenvalue weighted by molar-refractivity contribution is 5.16. The number of nitrogens with zero attached hydrogens (tertiary/aromatic N) is 2. The van der Waals surface area contributed by atoms with Crippen LogP contribution in [-0.2, 0) is 0 Å². The van der Waals surface area contributed by atoms with Crippen molar-refractivity contribution >= 4 is 0 Å². The van der Waals surface area contributed by atoms with Crippen LogP contribution in [0.15, 0.2) is 0 Å². The van der Waals surface area contributed by atoms with Gasteiger partial charge in [-0.1, -0.05) is 12.8 Å². The molecule has 1 aliphatic heterocycles. The fourth-order valence-electron chi connectivity index (χ4n) is 4.22. The SMILES string of the molecule is CNC(C#N)(CN1CCC2(CCCC2)C1)C1CC1. The van der Waals surface area contributed by atoms with Crippen molar-refractivity contribution in [2.45, 2.75) is 50.5 Å². The third kappa shape index (κ3) is 2.06. The second kappa shape index (κ2) is 4.51. The molecule has 0 amide bonds. The quantitative estimate of drug-likeness (QED) is 0.827. The van der Waals surface area contributed by atoms with E-state index in [-0.39, 0.29) is 5.54 Å². The Hall–Kier alpha value is -0.590. The number of hydrogen-bond acceptors (Lipinski definition) is 3. The Morgan fingerprint density at radius 3 is 2.61 bits per heavy atom. The topological polar surface area (TPSA) is 39.1 Å². The Morgan fingerprint density at radius 2 is 2.06 bits per heavy atom. The van der Waals surface area contributed by atoms with Crippen molar-refractivity contribution in [3.05, 3.63) is 0 Å². The summed E-state index contributed by atoms with van der Waals surface area (Å²) in [5.74, 6) is 0.590. The van der Waals surface area contributed by atoms with Crippen LogP contribution in [0.5, 0.6) is 0 Å². The first kappa shape index (κ1) is 12.4. The molecule has 1 N–H and O–H groups in total. The minimum atomic E-state index is -0.274. The molecule has 3 fully saturated rings. The van der Waals surface area contributed by atoms with Gasteiger partial charge in [-0.15, -0.1) is 0 Å². The first-order chi connectivity index (χ1) is 8.72. The number of rotatable bonds is 4. The molecule has 3 nitrogen and oxygen atoms in total. The summed E-state index contributed by atoms with van der Waals surface area (Å²) in [7, 11) is 1.96. The first-order valence-corrected chi connectivity index (χ1v) is 7.55. The van der Waals surface area contributed by atoms with Gasteiger partial charge < -0.3 is 5.32 Å². The van der Waals surface area contributed by atoms with E-state index in [1.54, 1.807) is 0 Å². The zero-order chi connectivity index (χ0) is 12.6. The molecular weight excluding hydrogens is 222 g/mol. The molecular formula is C15H25N3. The summed E-state index contributed by atoms with van der Waals surface area (Å²) in [6.07, 6.45) is 9.51. The zero-order valence-corrected chi connectivity index (χ0v) is 11.5. The summed E-state index contributed by atoms with van der Waals surface area (Å²) in [5.41, 5.74) is 0.350. The lowest BCUT2D eigenvalue weighted by Gasteiger charge is -2.32. The molecule has 3 rings (SSSR count). The predicted molar refractivity (Wildman–Crippen MR) is 72.1 cm³/mol. The van der Waals surface area contributed by atoms with E-state index >= 15 is 0 Å². The highest BCUT2D eigenvalue weighted by Gasteiger charge is 2.48. The van der Waals surface area contributed by atoms with E-state index in [0.29, 0.717) is 11.3 Å². The average molecular weight is 247 g/mol. The van der Waals surface area contributed by atoms with Crippen LogP contribution in [0.4, 0.5) is 0 Å². The summed E-state index contributed by atoms with van der Waals surface area (Å²) >= 11 is 0. The van der Waals surface area contributed by atoms with E-state index in [2.05, 4.69) is 16.3 Å². The number of hydrogen-bond donors (Lipinski definition) is 1. The molecule has 0 aromatic carbocycles. The van der Waals surface area contributed by atoms with Crippen LogP contribution in [0.3, 0.4) is 0 Å². The molecule has 1 atom stereocenters. The molecule has 100 valence electrons. The lowest BCUT2D eigenvalue weighted by molar-refractivity contribution is 0.207. The average Bonchev–Trinajstić information content (AvgIpc) is 3.05. The molecule has 3 aliphatic rings. The third-order valence-corrected chi connectivity index (χ3v) is 5.57. The van der Waals surface area contributed by atoms with Crippen LogP contribution in [0, 0.1) is 22.7 Å². The van der Waals surface area contributed by atoms with Crippen molar-refractivity contribution < 1.29 is 0 Å². The molecule has 1 saturated heterocycles. The largest absolute Gasteiger partial charge is 0.301 e. The van der Waals surface area contributed by atoms with Gasteiger partial charge in [-0.2, -0.15) is 5.26 Å².